The third-order valence-corrected chi connectivity index (χ3v) is 2.95. The first-order valence-electron chi connectivity index (χ1n) is 6.58. The lowest BCUT2D eigenvalue weighted by atomic mass is 10.2. The topological polar surface area (TPSA) is 58.4 Å². The van der Waals surface area contributed by atoms with Gasteiger partial charge in [0.1, 0.15) is 0 Å². The van der Waals surface area contributed by atoms with Gasteiger partial charge in [-0.2, -0.15) is 5.10 Å². The molecule has 0 aliphatic heterocycles. The molecule has 102 valence electrons. The average Bonchev–Trinajstić information content (AvgIpc) is 2.81. The molecule has 0 radical (unpaired) electrons. The molecule has 2 heterocycles. The summed E-state index contributed by atoms with van der Waals surface area (Å²) >= 11 is 0. The SMILES string of the molecule is CC(C)C(=O)NCCNCc1cnn2ccccc12. The standard InChI is InChI=1S/C14H20N4O/c1-11(2)14(19)16-7-6-15-9-12-10-17-18-8-4-3-5-13(12)18/h3-5,8,10-11,15H,6-7,9H2,1-2H3,(H,16,19). The van der Waals surface area contributed by atoms with Crippen molar-refractivity contribution in [2.45, 2.75) is 20.4 Å². The number of nitrogens with one attached hydrogen (secondary N) is 2. The summed E-state index contributed by atoms with van der Waals surface area (Å²) in [6.45, 7) is 5.94. The molecule has 2 N–H and O–H groups in total. The molecule has 0 unspecified atom stereocenters. The van der Waals surface area contributed by atoms with Crippen molar-refractivity contribution in [2.75, 3.05) is 13.1 Å². The summed E-state index contributed by atoms with van der Waals surface area (Å²) < 4.78 is 1.86. The van der Waals surface area contributed by atoms with Crippen molar-refractivity contribution in [3.8, 4) is 0 Å². The fraction of sp³-hybridized carbons (Fsp3) is 0.429. The van der Waals surface area contributed by atoms with Crippen LogP contribution in [0.1, 0.15) is 19.4 Å². The van der Waals surface area contributed by atoms with Crippen molar-refractivity contribution >= 4 is 11.4 Å². The molecule has 0 fully saturated rings. The van der Waals surface area contributed by atoms with E-state index in [4.69, 9.17) is 0 Å². The molecule has 19 heavy (non-hydrogen) atoms. The number of carbonyl (C=O) groups is 1. The first-order valence-corrected chi connectivity index (χ1v) is 6.58. The summed E-state index contributed by atoms with van der Waals surface area (Å²) in [6.07, 6.45) is 3.80. The minimum atomic E-state index is 0.0413. The lowest BCUT2D eigenvalue weighted by Gasteiger charge is -2.08. The van der Waals surface area contributed by atoms with E-state index in [9.17, 15) is 4.79 Å². The fourth-order valence-corrected chi connectivity index (χ4v) is 1.82. The molecular formula is C14H20N4O. The third kappa shape index (κ3) is 3.54. The Hall–Kier alpha value is -1.88. The Balaban J connectivity index is 1.76. The Morgan fingerprint density at radius 1 is 1.37 bits per heavy atom. The number of nitrogens with zero attached hydrogens (tertiary/aromatic N) is 2. The highest BCUT2D eigenvalue weighted by Gasteiger charge is 2.05. The quantitative estimate of drug-likeness (QED) is 0.767. The van der Waals surface area contributed by atoms with Crippen LogP contribution in [0.25, 0.3) is 5.52 Å². The second-order valence-electron chi connectivity index (χ2n) is 4.82. The minimum Gasteiger partial charge on any atom is -0.355 e. The highest BCUT2D eigenvalue weighted by molar-refractivity contribution is 5.77. The number of carbonyl (C=O) groups excluding carboxylic acids is 1. The smallest absolute Gasteiger partial charge is 0.222 e. The molecule has 0 atom stereocenters. The first kappa shape index (κ1) is 13.5. The van der Waals surface area contributed by atoms with Crippen LogP contribution in [0.4, 0.5) is 0 Å². The van der Waals surface area contributed by atoms with Gasteiger partial charge in [0.05, 0.1) is 11.7 Å². The van der Waals surface area contributed by atoms with Crippen LogP contribution in [0.5, 0.6) is 0 Å². The molecule has 0 saturated heterocycles. The number of hydrogen-bond acceptors (Lipinski definition) is 3. The van der Waals surface area contributed by atoms with Gasteiger partial charge in [-0.15, -0.1) is 0 Å². The predicted molar refractivity (Wildman–Crippen MR) is 74.7 cm³/mol. The monoisotopic (exact) mass is 260 g/mol. The predicted octanol–water partition coefficient (Wildman–Crippen LogP) is 1.20. The Labute approximate surface area is 113 Å². The molecule has 0 spiro atoms. The summed E-state index contributed by atoms with van der Waals surface area (Å²) in [4.78, 5) is 11.4. The minimum absolute atomic E-state index is 0.0413. The van der Waals surface area contributed by atoms with Crippen LogP contribution in [0.3, 0.4) is 0 Å². The van der Waals surface area contributed by atoms with Crippen LogP contribution < -0.4 is 10.6 Å². The van der Waals surface area contributed by atoms with Gasteiger partial charge in [0.2, 0.25) is 5.91 Å². The molecule has 1 amide bonds. The molecular weight excluding hydrogens is 240 g/mol. The number of hydrogen-bond donors (Lipinski definition) is 2. The third-order valence-electron chi connectivity index (χ3n) is 2.95. The van der Waals surface area contributed by atoms with Gasteiger partial charge >= 0.3 is 0 Å². The van der Waals surface area contributed by atoms with Crippen LogP contribution >= 0.6 is 0 Å². The zero-order valence-corrected chi connectivity index (χ0v) is 11.4. The van der Waals surface area contributed by atoms with E-state index in [1.165, 1.54) is 0 Å². The summed E-state index contributed by atoms with van der Waals surface area (Å²) in [6, 6.07) is 6.01. The summed E-state index contributed by atoms with van der Waals surface area (Å²) in [5, 5.41) is 10.5. The average molecular weight is 260 g/mol. The van der Waals surface area contributed by atoms with Crippen molar-refractivity contribution < 1.29 is 4.79 Å². The van der Waals surface area contributed by atoms with Crippen molar-refractivity contribution in [3.05, 3.63) is 36.2 Å². The fourth-order valence-electron chi connectivity index (χ4n) is 1.82. The van der Waals surface area contributed by atoms with E-state index in [0.717, 1.165) is 24.2 Å². The van der Waals surface area contributed by atoms with Gasteiger partial charge in [0.15, 0.2) is 0 Å². The van der Waals surface area contributed by atoms with Gasteiger partial charge in [0.25, 0.3) is 0 Å². The highest BCUT2D eigenvalue weighted by Crippen LogP contribution is 2.08. The van der Waals surface area contributed by atoms with Crippen molar-refractivity contribution in [2.24, 2.45) is 5.92 Å². The van der Waals surface area contributed by atoms with Gasteiger partial charge in [-0.1, -0.05) is 19.9 Å². The maximum Gasteiger partial charge on any atom is 0.222 e. The van der Waals surface area contributed by atoms with Gasteiger partial charge in [-0.05, 0) is 12.1 Å². The van der Waals surface area contributed by atoms with Crippen molar-refractivity contribution in [3.63, 3.8) is 0 Å². The molecule has 0 bridgehead atoms. The Kier molecular flexibility index (Phi) is 4.52. The highest BCUT2D eigenvalue weighted by atomic mass is 16.1. The molecule has 2 rings (SSSR count). The maximum atomic E-state index is 11.4. The number of pyridine rings is 1. The lowest BCUT2D eigenvalue weighted by Crippen LogP contribution is -2.34. The molecule has 5 nitrogen and oxygen atoms in total. The molecule has 5 heteroatoms. The maximum absolute atomic E-state index is 11.4. The summed E-state index contributed by atoms with van der Waals surface area (Å²) in [5.74, 6) is 0.136. The normalized spacial score (nSPS) is 11.1. The van der Waals surface area contributed by atoms with Crippen molar-refractivity contribution in [1.82, 2.24) is 20.2 Å². The molecule has 0 aliphatic rings. The van der Waals surface area contributed by atoms with Gasteiger partial charge in [-0.25, -0.2) is 4.52 Å². The van der Waals surface area contributed by atoms with E-state index in [-0.39, 0.29) is 11.8 Å². The summed E-state index contributed by atoms with van der Waals surface area (Å²) in [5.41, 5.74) is 2.28. The number of rotatable bonds is 6. The number of amides is 1. The van der Waals surface area contributed by atoms with E-state index < -0.39 is 0 Å². The Morgan fingerprint density at radius 3 is 3.00 bits per heavy atom. The van der Waals surface area contributed by atoms with Gasteiger partial charge in [0, 0.05) is 37.3 Å². The van der Waals surface area contributed by atoms with Crippen LogP contribution in [-0.4, -0.2) is 28.6 Å². The summed E-state index contributed by atoms with van der Waals surface area (Å²) in [7, 11) is 0. The van der Waals surface area contributed by atoms with Gasteiger partial charge < -0.3 is 10.6 Å². The number of fused-ring (bicyclic) bond motifs is 1. The van der Waals surface area contributed by atoms with Crippen LogP contribution in [0.15, 0.2) is 30.6 Å². The van der Waals surface area contributed by atoms with Crippen LogP contribution in [-0.2, 0) is 11.3 Å². The zero-order valence-electron chi connectivity index (χ0n) is 11.4. The van der Waals surface area contributed by atoms with E-state index in [0.29, 0.717) is 6.54 Å². The van der Waals surface area contributed by atoms with E-state index >= 15 is 0 Å². The molecule has 0 aliphatic carbocycles. The molecule has 2 aromatic rings. The van der Waals surface area contributed by atoms with E-state index in [2.05, 4.69) is 15.7 Å². The van der Waals surface area contributed by atoms with Gasteiger partial charge in [-0.3, -0.25) is 4.79 Å². The van der Waals surface area contributed by atoms with Crippen LogP contribution in [0.2, 0.25) is 0 Å². The Bertz CT molecular complexity index is 547. The van der Waals surface area contributed by atoms with Crippen molar-refractivity contribution in [1.29, 1.82) is 0 Å². The zero-order chi connectivity index (χ0) is 13.7. The number of aromatic nitrogens is 2. The second-order valence-corrected chi connectivity index (χ2v) is 4.82. The lowest BCUT2D eigenvalue weighted by molar-refractivity contribution is -0.123. The largest absolute Gasteiger partial charge is 0.355 e. The first-order chi connectivity index (χ1) is 9.18. The second kappa shape index (κ2) is 6.33. The molecule has 0 aromatic carbocycles. The van der Waals surface area contributed by atoms with Crippen LogP contribution in [0, 0.1) is 5.92 Å². The Morgan fingerprint density at radius 2 is 2.21 bits per heavy atom. The molecule has 0 saturated carbocycles. The van der Waals surface area contributed by atoms with E-state index in [1.54, 1.807) is 0 Å². The molecule has 2 aromatic heterocycles. The van der Waals surface area contributed by atoms with E-state index in [1.807, 2.05) is 49.0 Å².